The highest BCUT2D eigenvalue weighted by Gasteiger charge is 2.03. The van der Waals surface area contributed by atoms with E-state index in [9.17, 15) is 4.39 Å². The van der Waals surface area contributed by atoms with Crippen LogP contribution in [0.2, 0.25) is 0 Å². The maximum atomic E-state index is 12.3. The van der Waals surface area contributed by atoms with E-state index in [2.05, 4.69) is 0 Å². The van der Waals surface area contributed by atoms with Crippen LogP contribution in [0.15, 0.2) is 24.3 Å². The van der Waals surface area contributed by atoms with Crippen molar-refractivity contribution in [1.82, 2.24) is 0 Å². The molecular formula is C8H6FNO. The molecule has 0 fully saturated rings. The molecule has 0 aliphatic rings. The van der Waals surface area contributed by atoms with Crippen LogP contribution in [0.5, 0.6) is 0 Å². The first kappa shape index (κ1) is 7.70. The summed E-state index contributed by atoms with van der Waals surface area (Å²) in [5, 5.41) is 17.2. The summed E-state index contributed by atoms with van der Waals surface area (Å²) in [4.78, 5) is 0. The van der Waals surface area contributed by atoms with Gasteiger partial charge < -0.3 is 5.11 Å². The van der Waals surface area contributed by atoms with E-state index >= 15 is 0 Å². The van der Waals surface area contributed by atoms with Crippen molar-refractivity contribution in [1.29, 1.82) is 5.26 Å². The van der Waals surface area contributed by atoms with Gasteiger partial charge in [0.2, 0.25) is 0 Å². The lowest BCUT2D eigenvalue weighted by Crippen LogP contribution is -1.92. The fourth-order valence-corrected chi connectivity index (χ4v) is 0.720. The van der Waals surface area contributed by atoms with E-state index in [0.29, 0.717) is 5.56 Å². The molecule has 1 aromatic carbocycles. The minimum Gasteiger partial charge on any atom is -0.374 e. The number of rotatable bonds is 1. The summed E-state index contributed by atoms with van der Waals surface area (Å²) < 4.78 is 12.3. The third-order valence-electron chi connectivity index (χ3n) is 1.31. The highest BCUT2D eigenvalue weighted by Crippen LogP contribution is 2.11. The molecule has 0 amide bonds. The monoisotopic (exact) mass is 151 g/mol. The lowest BCUT2D eigenvalue weighted by molar-refractivity contribution is 0.236. The molecule has 3 heteroatoms. The Bertz CT molecular complexity index is 275. The molecule has 0 bridgehead atoms. The lowest BCUT2D eigenvalue weighted by atomic mass is 10.1. The Kier molecular flexibility index (Phi) is 2.19. The van der Waals surface area contributed by atoms with E-state index in [1.54, 1.807) is 6.07 Å². The topological polar surface area (TPSA) is 44.0 Å². The van der Waals surface area contributed by atoms with Gasteiger partial charge in [-0.2, -0.15) is 5.26 Å². The van der Waals surface area contributed by atoms with Crippen molar-refractivity contribution < 1.29 is 9.50 Å². The van der Waals surface area contributed by atoms with Gasteiger partial charge in [-0.05, 0) is 17.7 Å². The summed E-state index contributed by atoms with van der Waals surface area (Å²) in [6.07, 6.45) is -1.16. The Balaban J connectivity index is 2.92. The summed E-state index contributed by atoms with van der Waals surface area (Å²) in [5.74, 6) is -0.376. The third-order valence-corrected chi connectivity index (χ3v) is 1.31. The number of hydrogen-bond donors (Lipinski definition) is 1. The van der Waals surface area contributed by atoms with Gasteiger partial charge >= 0.3 is 0 Å². The van der Waals surface area contributed by atoms with E-state index < -0.39 is 6.10 Å². The molecule has 1 unspecified atom stereocenters. The predicted octanol–water partition coefficient (Wildman–Crippen LogP) is 1.38. The van der Waals surface area contributed by atoms with Gasteiger partial charge in [0.15, 0.2) is 6.10 Å². The molecular weight excluding hydrogens is 145 g/mol. The maximum absolute atomic E-state index is 12.3. The van der Waals surface area contributed by atoms with Crippen LogP contribution in [0.25, 0.3) is 0 Å². The number of nitrogens with zero attached hydrogens (tertiary/aromatic N) is 1. The normalized spacial score (nSPS) is 12.1. The van der Waals surface area contributed by atoms with Gasteiger partial charge in [-0.25, -0.2) is 4.39 Å². The first-order chi connectivity index (χ1) is 5.24. The van der Waals surface area contributed by atoms with Crippen LogP contribution < -0.4 is 0 Å². The predicted molar refractivity (Wildman–Crippen MR) is 37.0 cm³/mol. The zero-order valence-corrected chi connectivity index (χ0v) is 5.66. The molecule has 0 saturated heterocycles. The average Bonchev–Trinajstić information content (AvgIpc) is 2.05. The molecule has 11 heavy (non-hydrogen) atoms. The number of aliphatic hydroxyl groups is 1. The summed E-state index contributed by atoms with van der Waals surface area (Å²) >= 11 is 0. The second-order valence-corrected chi connectivity index (χ2v) is 2.08. The van der Waals surface area contributed by atoms with E-state index in [0.717, 1.165) is 0 Å². The van der Waals surface area contributed by atoms with Gasteiger partial charge in [-0.3, -0.25) is 0 Å². The fraction of sp³-hybridized carbons (Fsp3) is 0.125. The first-order valence-corrected chi connectivity index (χ1v) is 3.07. The SMILES string of the molecule is N#CC(O)c1ccc(F)cc1. The number of aliphatic hydroxyl groups excluding tert-OH is 1. The Morgan fingerprint density at radius 1 is 1.36 bits per heavy atom. The largest absolute Gasteiger partial charge is 0.374 e. The molecule has 56 valence electrons. The van der Waals surface area contributed by atoms with Crippen LogP contribution in [0.4, 0.5) is 4.39 Å². The van der Waals surface area contributed by atoms with Crippen LogP contribution in [0.1, 0.15) is 11.7 Å². The molecule has 0 aromatic heterocycles. The molecule has 0 saturated carbocycles. The Morgan fingerprint density at radius 2 is 1.91 bits per heavy atom. The van der Waals surface area contributed by atoms with Gasteiger partial charge in [0, 0.05) is 0 Å². The van der Waals surface area contributed by atoms with E-state index in [4.69, 9.17) is 10.4 Å². The van der Waals surface area contributed by atoms with Gasteiger partial charge in [-0.1, -0.05) is 12.1 Å². The van der Waals surface area contributed by atoms with E-state index in [1.807, 2.05) is 0 Å². The molecule has 2 nitrogen and oxygen atoms in total. The summed E-state index contributed by atoms with van der Waals surface area (Å²) in [5.41, 5.74) is 0.411. The molecule has 1 rings (SSSR count). The van der Waals surface area contributed by atoms with Crippen molar-refractivity contribution in [2.45, 2.75) is 6.10 Å². The van der Waals surface area contributed by atoms with Gasteiger partial charge in [0.1, 0.15) is 5.82 Å². The van der Waals surface area contributed by atoms with Crippen LogP contribution in [-0.4, -0.2) is 5.11 Å². The molecule has 0 spiro atoms. The van der Waals surface area contributed by atoms with Gasteiger partial charge in [0.05, 0.1) is 6.07 Å². The molecule has 0 aliphatic carbocycles. The third kappa shape index (κ3) is 1.76. The van der Waals surface area contributed by atoms with Gasteiger partial charge in [-0.15, -0.1) is 0 Å². The number of hydrogen-bond acceptors (Lipinski definition) is 2. The second-order valence-electron chi connectivity index (χ2n) is 2.08. The van der Waals surface area contributed by atoms with Crippen molar-refractivity contribution in [3.05, 3.63) is 35.6 Å². The standard InChI is InChI=1S/C8H6FNO/c9-7-3-1-6(2-4-7)8(11)5-10/h1-4,8,11H. The smallest absolute Gasteiger partial charge is 0.165 e. The van der Waals surface area contributed by atoms with Crippen molar-refractivity contribution in [2.75, 3.05) is 0 Å². The van der Waals surface area contributed by atoms with Crippen molar-refractivity contribution in [3.63, 3.8) is 0 Å². The molecule has 1 atom stereocenters. The lowest BCUT2D eigenvalue weighted by Gasteiger charge is -1.99. The maximum Gasteiger partial charge on any atom is 0.165 e. The highest BCUT2D eigenvalue weighted by atomic mass is 19.1. The van der Waals surface area contributed by atoms with E-state index in [-0.39, 0.29) is 5.82 Å². The second kappa shape index (κ2) is 3.13. The van der Waals surface area contributed by atoms with Crippen LogP contribution in [-0.2, 0) is 0 Å². The molecule has 0 radical (unpaired) electrons. The van der Waals surface area contributed by atoms with Crippen LogP contribution >= 0.6 is 0 Å². The summed E-state index contributed by atoms with van der Waals surface area (Å²) in [7, 11) is 0. The Morgan fingerprint density at radius 3 is 2.36 bits per heavy atom. The van der Waals surface area contributed by atoms with Crippen molar-refractivity contribution >= 4 is 0 Å². The minimum atomic E-state index is -1.16. The van der Waals surface area contributed by atoms with Crippen LogP contribution in [0, 0.1) is 17.1 Å². The fourth-order valence-electron chi connectivity index (χ4n) is 0.720. The van der Waals surface area contributed by atoms with E-state index in [1.165, 1.54) is 24.3 Å². The first-order valence-electron chi connectivity index (χ1n) is 3.07. The van der Waals surface area contributed by atoms with Gasteiger partial charge in [0.25, 0.3) is 0 Å². The summed E-state index contributed by atoms with van der Waals surface area (Å²) in [6, 6.07) is 6.80. The summed E-state index contributed by atoms with van der Waals surface area (Å²) in [6.45, 7) is 0. The molecule has 0 heterocycles. The Hall–Kier alpha value is -1.40. The minimum absolute atomic E-state index is 0.376. The number of benzene rings is 1. The Labute approximate surface area is 63.5 Å². The van der Waals surface area contributed by atoms with Crippen molar-refractivity contribution in [3.8, 4) is 6.07 Å². The molecule has 1 N–H and O–H groups in total. The zero-order chi connectivity index (χ0) is 8.27. The number of nitriles is 1. The van der Waals surface area contributed by atoms with Crippen molar-refractivity contribution in [2.24, 2.45) is 0 Å². The highest BCUT2D eigenvalue weighted by molar-refractivity contribution is 5.22. The quantitative estimate of drug-likeness (QED) is 0.616. The molecule has 1 aromatic rings. The number of halogens is 1. The average molecular weight is 151 g/mol. The molecule has 0 aliphatic heterocycles. The van der Waals surface area contributed by atoms with Crippen LogP contribution in [0.3, 0.4) is 0 Å². The zero-order valence-electron chi connectivity index (χ0n) is 5.66.